The average Bonchev–Trinajstić information content (AvgIpc) is 2.22. The third-order valence-electron chi connectivity index (χ3n) is 1.27. The fourth-order valence-electron chi connectivity index (χ4n) is 0.686. The van der Waals surface area contributed by atoms with Crippen LogP contribution in [0.2, 0.25) is 0 Å². The van der Waals surface area contributed by atoms with Crippen LogP contribution in [0.25, 0.3) is 0 Å². The zero-order chi connectivity index (χ0) is 9.36. The monoisotopic (exact) mass is 173 g/mol. The Morgan fingerprint density at radius 2 is 1.46 bits per heavy atom. The molecule has 3 heteroatoms. The summed E-state index contributed by atoms with van der Waals surface area (Å²) in [6.07, 6.45) is 3.01. The average molecular weight is 173 g/mol. The van der Waals surface area contributed by atoms with Crippen molar-refractivity contribution in [2.45, 2.75) is 0 Å². The highest BCUT2D eigenvalue weighted by Crippen LogP contribution is 1.86. The molecule has 1 heterocycles. The van der Waals surface area contributed by atoms with Gasteiger partial charge in [0.25, 0.3) is 0 Å². The Kier molecular flexibility index (Phi) is 4.04. The highest BCUT2D eigenvalue weighted by molar-refractivity contribution is 5.22. The largest absolute Gasteiger partial charge is 0.384 e. The van der Waals surface area contributed by atoms with Gasteiger partial charge in [0, 0.05) is 6.20 Å². The molecule has 0 aliphatic carbocycles. The maximum Gasteiger partial charge on any atom is 0.126 e. The normalized spacial score (nSPS) is 8.31. The van der Waals surface area contributed by atoms with Gasteiger partial charge in [0.05, 0.1) is 0 Å². The summed E-state index contributed by atoms with van der Waals surface area (Å²) in [5.74, 6) is 0.509. The van der Waals surface area contributed by atoms with Crippen molar-refractivity contribution in [3.63, 3.8) is 0 Å². The number of aromatic nitrogens is 2. The Balaban J connectivity index is 0.000000132. The Labute approximate surface area is 77.3 Å². The van der Waals surface area contributed by atoms with Gasteiger partial charge in [0.2, 0.25) is 0 Å². The van der Waals surface area contributed by atoms with Crippen molar-refractivity contribution in [2.75, 3.05) is 5.73 Å². The number of hydrogen-bond acceptors (Lipinski definition) is 3. The lowest BCUT2D eigenvalue weighted by Crippen LogP contribution is -1.87. The summed E-state index contributed by atoms with van der Waals surface area (Å²) in [6, 6.07) is 13.6. The molecule has 0 aliphatic rings. The van der Waals surface area contributed by atoms with E-state index in [0.29, 0.717) is 5.82 Å². The van der Waals surface area contributed by atoms with Crippen molar-refractivity contribution < 1.29 is 0 Å². The van der Waals surface area contributed by atoms with Crippen LogP contribution in [0.5, 0.6) is 0 Å². The van der Waals surface area contributed by atoms with Gasteiger partial charge in [0.15, 0.2) is 0 Å². The SMILES string of the molecule is Nc1ccncn1.c1ccccc1. The Bertz CT molecular complexity index is 281. The lowest BCUT2D eigenvalue weighted by atomic mass is 10.4. The minimum Gasteiger partial charge on any atom is -0.384 e. The van der Waals surface area contributed by atoms with Crippen LogP contribution in [0.1, 0.15) is 0 Å². The van der Waals surface area contributed by atoms with Gasteiger partial charge in [-0.05, 0) is 6.07 Å². The summed E-state index contributed by atoms with van der Waals surface area (Å²) in [4.78, 5) is 7.30. The Morgan fingerprint density at radius 3 is 1.69 bits per heavy atom. The molecule has 3 nitrogen and oxygen atoms in total. The van der Waals surface area contributed by atoms with E-state index in [0.717, 1.165) is 0 Å². The first kappa shape index (κ1) is 9.19. The fourth-order valence-corrected chi connectivity index (χ4v) is 0.686. The summed E-state index contributed by atoms with van der Waals surface area (Å²) >= 11 is 0. The van der Waals surface area contributed by atoms with E-state index in [-0.39, 0.29) is 0 Å². The van der Waals surface area contributed by atoms with Gasteiger partial charge in [-0.2, -0.15) is 0 Å². The van der Waals surface area contributed by atoms with Crippen LogP contribution < -0.4 is 5.73 Å². The number of anilines is 1. The van der Waals surface area contributed by atoms with Crippen molar-refractivity contribution in [1.29, 1.82) is 0 Å². The van der Waals surface area contributed by atoms with E-state index in [1.165, 1.54) is 6.33 Å². The summed E-state index contributed by atoms with van der Waals surface area (Å²) in [6.45, 7) is 0. The predicted octanol–water partition coefficient (Wildman–Crippen LogP) is 1.75. The highest BCUT2D eigenvalue weighted by Gasteiger charge is 1.74. The maximum atomic E-state index is 5.21. The van der Waals surface area contributed by atoms with E-state index in [2.05, 4.69) is 9.97 Å². The lowest BCUT2D eigenvalue weighted by molar-refractivity contribution is 1.18. The molecule has 13 heavy (non-hydrogen) atoms. The number of nitrogens with two attached hydrogens (primary N) is 1. The van der Waals surface area contributed by atoms with Gasteiger partial charge in [-0.15, -0.1) is 0 Å². The molecule has 2 aromatic rings. The molecule has 1 aromatic heterocycles. The van der Waals surface area contributed by atoms with Gasteiger partial charge in [0.1, 0.15) is 12.1 Å². The van der Waals surface area contributed by atoms with Gasteiger partial charge in [-0.25, -0.2) is 9.97 Å². The second-order valence-electron chi connectivity index (χ2n) is 2.29. The molecule has 0 saturated carbocycles. The number of rotatable bonds is 0. The number of nitrogen functional groups attached to an aromatic ring is 1. The molecule has 0 fully saturated rings. The first-order chi connectivity index (χ1) is 6.39. The van der Waals surface area contributed by atoms with Crippen molar-refractivity contribution in [2.24, 2.45) is 0 Å². The molecule has 0 unspecified atom stereocenters. The Hall–Kier alpha value is -1.90. The Morgan fingerprint density at radius 1 is 0.923 bits per heavy atom. The van der Waals surface area contributed by atoms with E-state index in [4.69, 9.17) is 5.73 Å². The molecule has 1 aromatic carbocycles. The van der Waals surface area contributed by atoms with Crippen molar-refractivity contribution in [3.05, 3.63) is 55.0 Å². The zero-order valence-corrected chi connectivity index (χ0v) is 7.17. The molecule has 0 bridgehead atoms. The van der Waals surface area contributed by atoms with E-state index >= 15 is 0 Å². The molecular formula is C10H11N3. The van der Waals surface area contributed by atoms with Gasteiger partial charge < -0.3 is 5.73 Å². The van der Waals surface area contributed by atoms with Gasteiger partial charge >= 0.3 is 0 Å². The summed E-state index contributed by atoms with van der Waals surface area (Å²) in [7, 11) is 0. The molecule has 2 rings (SSSR count). The number of benzene rings is 1. The van der Waals surface area contributed by atoms with Crippen LogP contribution in [0.15, 0.2) is 55.0 Å². The molecule has 0 aliphatic heterocycles. The van der Waals surface area contributed by atoms with E-state index in [1.807, 2.05) is 36.4 Å². The molecule has 0 saturated heterocycles. The van der Waals surface area contributed by atoms with Crippen LogP contribution in [-0.4, -0.2) is 9.97 Å². The van der Waals surface area contributed by atoms with E-state index in [9.17, 15) is 0 Å². The molecule has 2 N–H and O–H groups in total. The van der Waals surface area contributed by atoms with Crippen LogP contribution in [0, 0.1) is 0 Å². The topological polar surface area (TPSA) is 51.8 Å². The minimum atomic E-state index is 0.509. The van der Waals surface area contributed by atoms with Gasteiger partial charge in [-0.3, -0.25) is 0 Å². The molecular weight excluding hydrogens is 162 g/mol. The first-order valence-corrected chi connectivity index (χ1v) is 3.91. The van der Waals surface area contributed by atoms with Crippen LogP contribution in [0.3, 0.4) is 0 Å². The van der Waals surface area contributed by atoms with Crippen molar-refractivity contribution in [1.82, 2.24) is 9.97 Å². The second-order valence-corrected chi connectivity index (χ2v) is 2.29. The molecule has 0 spiro atoms. The lowest BCUT2D eigenvalue weighted by Gasteiger charge is -1.82. The predicted molar refractivity (Wildman–Crippen MR) is 52.9 cm³/mol. The first-order valence-electron chi connectivity index (χ1n) is 3.91. The second kappa shape index (κ2) is 5.71. The van der Waals surface area contributed by atoms with Crippen LogP contribution in [-0.2, 0) is 0 Å². The van der Waals surface area contributed by atoms with E-state index in [1.54, 1.807) is 12.3 Å². The fraction of sp³-hybridized carbons (Fsp3) is 0. The molecule has 0 radical (unpaired) electrons. The standard InChI is InChI=1S/C6H6.C4H5N3/c1-2-4-6-5-3-1;5-4-1-2-6-3-7-4/h1-6H;1-3H,(H2,5,6,7). The van der Waals surface area contributed by atoms with Crippen LogP contribution in [0.4, 0.5) is 5.82 Å². The van der Waals surface area contributed by atoms with Gasteiger partial charge in [-0.1, -0.05) is 36.4 Å². The highest BCUT2D eigenvalue weighted by atomic mass is 14.9. The maximum absolute atomic E-state index is 5.21. The summed E-state index contributed by atoms with van der Waals surface area (Å²) < 4.78 is 0. The minimum absolute atomic E-state index is 0.509. The zero-order valence-electron chi connectivity index (χ0n) is 7.17. The summed E-state index contributed by atoms with van der Waals surface area (Å²) in [5.41, 5.74) is 5.21. The number of hydrogen-bond donors (Lipinski definition) is 1. The van der Waals surface area contributed by atoms with E-state index < -0.39 is 0 Å². The summed E-state index contributed by atoms with van der Waals surface area (Å²) in [5, 5.41) is 0. The molecule has 0 amide bonds. The molecule has 66 valence electrons. The smallest absolute Gasteiger partial charge is 0.126 e. The quantitative estimate of drug-likeness (QED) is 0.660. The van der Waals surface area contributed by atoms with Crippen molar-refractivity contribution >= 4 is 5.82 Å². The van der Waals surface area contributed by atoms with Crippen molar-refractivity contribution in [3.8, 4) is 0 Å². The van der Waals surface area contributed by atoms with Crippen LogP contribution >= 0.6 is 0 Å². The third kappa shape index (κ3) is 4.53. The molecule has 0 atom stereocenters. The third-order valence-corrected chi connectivity index (χ3v) is 1.27. The number of nitrogens with zero attached hydrogens (tertiary/aromatic N) is 2.